The molecule has 0 fully saturated rings. The van der Waals surface area contributed by atoms with E-state index in [1.54, 1.807) is 11.8 Å². The number of nitrogens with zero attached hydrogens (tertiary/aromatic N) is 3. The molecular formula is C36H19N3S2. The lowest BCUT2D eigenvalue weighted by Crippen LogP contribution is -2.05. The summed E-state index contributed by atoms with van der Waals surface area (Å²) in [7, 11) is 0. The van der Waals surface area contributed by atoms with Crippen molar-refractivity contribution >= 4 is 86.8 Å². The number of thiophene rings is 1. The molecule has 9 aromatic rings. The summed E-state index contributed by atoms with van der Waals surface area (Å²) in [5.41, 5.74) is 5.46. The molecule has 0 atom stereocenters. The molecule has 41 heavy (non-hydrogen) atoms. The van der Waals surface area contributed by atoms with Gasteiger partial charge in [0.25, 0.3) is 0 Å². The molecule has 1 aliphatic rings. The van der Waals surface area contributed by atoms with Gasteiger partial charge < -0.3 is 0 Å². The van der Waals surface area contributed by atoms with Crippen LogP contribution in [0.5, 0.6) is 0 Å². The summed E-state index contributed by atoms with van der Waals surface area (Å²) in [5, 5.41) is 8.68. The fourth-order valence-corrected chi connectivity index (χ4v) is 8.99. The predicted molar refractivity (Wildman–Crippen MR) is 174 cm³/mol. The Morgan fingerprint density at radius 3 is 2.34 bits per heavy atom. The van der Waals surface area contributed by atoms with Crippen LogP contribution < -0.4 is 0 Å². The first-order chi connectivity index (χ1) is 20.3. The smallest absolute Gasteiger partial charge is 0.235 e. The lowest BCUT2D eigenvalue weighted by Gasteiger charge is -2.20. The van der Waals surface area contributed by atoms with Crippen LogP contribution in [0, 0.1) is 0 Å². The summed E-state index contributed by atoms with van der Waals surface area (Å²) < 4.78 is 4.88. The average molecular weight is 558 g/mol. The van der Waals surface area contributed by atoms with Gasteiger partial charge in [0.15, 0.2) is 0 Å². The number of fused-ring (bicyclic) bond motifs is 11. The second kappa shape index (κ2) is 7.94. The van der Waals surface area contributed by atoms with Crippen molar-refractivity contribution in [2.75, 3.05) is 0 Å². The molecule has 0 amide bonds. The molecule has 0 saturated carbocycles. The van der Waals surface area contributed by atoms with E-state index in [2.05, 4.69) is 120 Å². The zero-order valence-corrected chi connectivity index (χ0v) is 23.3. The van der Waals surface area contributed by atoms with Gasteiger partial charge in [-0.25, -0.2) is 9.97 Å². The Hall–Kier alpha value is -4.71. The minimum atomic E-state index is 0.714. The highest BCUT2D eigenvalue weighted by Gasteiger charge is 2.25. The van der Waals surface area contributed by atoms with E-state index in [0.29, 0.717) is 5.95 Å². The molecule has 0 radical (unpaired) electrons. The van der Waals surface area contributed by atoms with Crippen LogP contribution in [0.25, 0.3) is 80.9 Å². The maximum atomic E-state index is 5.40. The highest BCUT2D eigenvalue weighted by molar-refractivity contribution is 7.99. The third-order valence-corrected chi connectivity index (χ3v) is 10.7. The van der Waals surface area contributed by atoms with Gasteiger partial charge in [0.05, 0.1) is 26.9 Å². The van der Waals surface area contributed by atoms with Gasteiger partial charge in [0.1, 0.15) is 0 Å². The molecule has 3 aromatic heterocycles. The van der Waals surface area contributed by atoms with Crippen molar-refractivity contribution in [1.82, 2.24) is 14.5 Å². The van der Waals surface area contributed by atoms with Crippen molar-refractivity contribution in [3.05, 3.63) is 115 Å². The summed E-state index contributed by atoms with van der Waals surface area (Å²) >= 11 is 3.66. The molecule has 0 saturated heterocycles. The third-order valence-electron chi connectivity index (χ3n) is 8.40. The summed E-state index contributed by atoms with van der Waals surface area (Å²) in [5.74, 6) is 0.714. The number of benzene rings is 6. The van der Waals surface area contributed by atoms with Gasteiger partial charge in [-0.05, 0) is 41.1 Å². The van der Waals surface area contributed by atoms with Crippen molar-refractivity contribution in [3.8, 4) is 17.2 Å². The minimum Gasteiger partial charge on any atom is -0.276 e. The highest BCUT2D eigenvalue weighted by atomic mass is 32.2. The van der Waals surface area contributed by atoms with E-state index in [-0.39, 0.29) is 0 Å². The third kappa shape index (κ3) is 2.89. The molecule has 5 heteroatoms. The molecule has 0 bridgehead atoms. The van der Waals surface area contributed by atoms with E-state index in [9.17, 15) is 0 Å². The number of hydrogen-bond acceptors (Lipinski definition) is 4. The second-order valence-electron chi connectivity index (χ2n) is 10.6. The lowest BCUT2D eigenvalue weighted by molar-refractivity contribution is 1.01. The Balaban J connectivity index is 1.43. The Labute approximate surface area is 242 Å². The Bertz CT molecular complexity index is 2570. The Kier molecular flexibility index (Phi) is 4.27. The number of rotatable bonds is 1. The molecule has 6 aromatic carbocycles. The van der Waals surface area contributed by atoms with Gasteiger partial charge in [-0.3, -0.25) is 4.57 Å². The van der Waals surface area contributed by atoms with Crippen LogP contribution in [0.3, 0.4) is 0 Å². The largest absolute Gasteiger partial charge is 0.276 e. The normalized spacial score (nSPS) is 12.8. The first-order valence-electron chi connectivity index (χ1n) is 13.7. The van der Waals surface area contributed by atoms with Crippen LogP contribution in [0.15, 0.2) is 125 Å². The van der Waals surface area contributed by atoms with Crippen molar-refractivity contribution < 1.29 is 0 Å². The van der Waals surface area contributed by atoms with Crippen molar-refractivity contribution in [1.29, 1.82) is 0 Å². The van der Waals surface area contributed by atoms with Crippen LogP contribution in [0.2, 0.25) is 0 Å². The highest BCUT2D eigenvalue weighted by Crippen LogP contribution is 2.48. The van der Waals surface area contributed by atoms with E-state index < -0.39 is 0 Å². The summed E-state index contributed by atoms with van der Waals surface area (Å²) in [6, 6.07) is 41.5. The average Bonchev–Trinajstić information content (AvgIpc) is 3.57. The molecule has 0 unspecified atom stereocenters. The van der Waals surface area contributed by atoms with Crippen molar-refractivity contribution in [2.45, 2.75) is 9.79 Å². The topological polar surface area (TPSA) is 30.7 Å². The maximum Gasteiger partial charge on any atom is 0.235 e. The lowest BCUT2D eigenvalue weighted by atomic mass is 10.0. The quantitative estimate of drug-likeness (QED) is 0.201. The monoisotopic (exact) mass is 557 g/mol. The Morgan fingerprint density at radius 2 is 1.37 bits per heavy atom. The van der Waals surface area contributed by atoms with Gasteiger partial charge in [0.2, 0.25) is 5.95 Å². The SMILES string of the molecule is c1ccc2c(c1)Sc1cccc3nc(-n4c5ccc6ccccc6c5c5ccc6c7ccccc7sc6c54)nc-2c13. The molecule has 1 aliphatic heterocycles. The Morgan fingerprint density at radius 1 is 0.561 bits per heavy atom. The van der Waals surface area contributed by atoms with Crippen LogP contribution in [-0.2, 0) is 0 Å². The van der Waals surface area contributed by atoms with E-state index in [4.69, 9.17) is 9.97 Å². The van der Waals surface area contributed by atoms with Gasteiger partial charge in [-0.15, -0.1) is 11.3 Å². The van der Waals surface area contributed by atoms with Crippen molar-refractivity contribution in [2.24, 2.45) is 0 Å². The van der Waals surface area contributed by atoms with E-state index >= 15 is 0 Å². The summed E-state index contributed by atoms with van der Waals surface area (Å²) in [6.07, 6.45) is 0. The summed E-state index contributed by atoms with van der Waals surface area (Å²) in [6.45, 7) is 0. The zero-order chi connectivity index (χ0) is 26.7. The molecule has 0 N–H and O–H groups in total. The van der Waals surface area contributed by atoms with Gasteiger partial charge in [0, 0.05) is 47.0 Å². The number of aromatic nitrogens is 3. The second-order valence-corrected chi connectivity index (χ2v) is 12.7. The maximum absolute atomic E-state index is 5.40. The van der Waals surface area contributed by atoms with Crippen molar-refractivity contribution in [3.63, 3.8) is 0 Å². The molecule has 0 spiro atoms. The van der Waals surface area contributed by atoms with Crippen LogP contribution >= 0.6 is 23.1 Å². The van der Waals surface area contributed by atoms with Crippen LogP contribution in [0.1, 0.15) is 0 Å². The van der Waals surface area contributed by atoms with Crippen LogP contribution in [0.4, 0.5) is 0 Å². The summed E-state index contributed by atoms with van der Waals surface area (Å²) in [4.78, 5) is 13.1. The molecule has 10 rings (SSSR count). The predicted octanol–water partition coefficient (Wildman–Crippen LogP) is 10.4. The standard InChI is InChI=1S/C36H19N3S2/c1-2-9-21-20(8-1)16-19-27-31(21)25-18-17-23-22-10-3-5-13-28(22)41-35(23)34(25)39(27)36-37-26-12-7-15-30-32(26)33(38-36)24-11-4-6-14-29(24)40-30/h1-19H. The van der Waals surface area contributed by atoms with Gasteiger partial charge >= 0.3 is 0 Å². The fourth-order valence-electron chi connectivity index (χ4n) is 6.65. The molecule has 4 heterocycles. The first-order valence-corrected chi connectivity index (χ1v) is 15.3. The molecule has 190 valence electrons. The molecule has 3 nitrogen and oxygen atoms in total. The minimum absolute atomic E-state index is 0.714. The fraction of sp³-hybridized carbons (Fsp3) is 0. The van der Waals surface area contributed by atoms with Crippen LogP contribution in [-0.4, -0.2) is 14.5 Å². The van der Waals surface area contributed by atoms with Gasteiger partial charge in [-0.2, -0.15) is 0 Å². The van der Waals surface area contributed by atoms with E-state index in [1.165, 1.54) is 62.6 Å². The first kappa shape index (κ1) is 22.0. The molecular weight excluding hydrogens is 539 g/mol. The van der Waals surface area contributed by atoms with Gasteiger partial charge in [-0.1, -0.05) is 96.7 Å². The van der Waals surface area contributed by atoms with E-state index in [0.717, 1.165) is 22.1 Å². The molecule has 0 aliphatic carbocycles. The van der Waals surface area contributed by atoms with E-state index in [1.807, 2.05) is 11.3 Å². The number of hydrogen-bond donors (Lipinski definition) is 0. The zero-order valence-electron chi connectivity index (χ0n) is 21.6.